The number of carbonyl (C=O) groups is 1. The van der Waals surface area contributed by atoms with Crippen molar-refractivity contribution in [1.82, 2.24) is 25.4 Å². The van der Waals surface area contributed by atoms with Gasteiger partial charge in [0.15, 0.2) is 0 Å². The largest absolute Gasteiger partial charge is 0.490 e. The summed E-state index contributed by atoms with van der Waals surface area (Å²) in [6.07, 6.45) is 8.67. The minimum absolute atomic E-state index is 0.106. The van der Waals surface area contributed by atoms with E-state index in [0.29, 0.717) is 29.6 Å². The Morgan fingerprint density at radius 3 is 2.44 bits per heavy atom. The second-order valence-electron chi connectivity index (χ2n) is 12.4. The number of carbonyl (C=O) groups excluding carboxylic acids is 1. The Bertz CT molecular complexity index is 1530. The third-order valence-electron chi connectivity index (χ3n) is 9.86. The first-order valence-electron chi connectivity index (χ1n) is 15.9. The summed E-state index contributed by atoms with van der Waals surface area (Å²) in [6.45, 7) is 6.10. The lowest BCUT2D eigenvalue weighted by Gasteiger charge is -2.46. The zero-order valence-corrected chi connectivity index (χ0v) is 25.0. The molecule has 8 heteroatoms. The molecule has 224 valence electrons. The first-order valence-corrected chi connectivity index (χ1v) is 15.9. The van der Waals surface area contributed by atoms with E-state index in [1.54, 1.807) is 6.20 Å². The number of nitrogens with zero attached hydrogens (tertiary/aromatic N) is 3. The van der Waals surface area contributed by atoms with E-state index in [1.807, 2.05) is 48.5 Å². The lowest BCUT2D eigenvalue weighted by Crippen LogP contribution is -2.57. The van der Waals surface area contributed by atoms with Gasteiger partial charge in [-0.1, -0.05) is 32.8 Å². The van der Waals surface area contributed by atoms with E-state index in [4.69, 9.17) is 9.47 Å². The molecule has 8 nitrogen and oxygen atoms in total. The normalized spacial score (nSPS) is 22.9. The summed E-state index contributed by atoms with van der Waals surface area (Å²) >= 11 is 0. The Morgan fingerprint density at radius 2 is 1.79 bits per heavy atom. The van der Waals surface area contributed by atoms with Crippen LogP contribution in [-0.2, 0) is 4.74 Å². The van der Waals surface area contributed by atoms with Crippen LogP contribution in [-0.4, -0.2) is 63.4 Å². The Kier molecular flexibility index (Phi) is 7.89. The van der Waals surface area contributed by atoms with Crippen LogP contribution in [0, 0.1) is 5.92 Å². The number of hydrogen-bond donors (Lipinski definition) is 2. The fourth-order valence-corrected chi connectivity index (χ4v) is 7.49. The molecule has 3 aliphatic heterocycles. The van der Waals surface area contributed by atoms with Crippen molar-refractivity contribution in [3.63, 3.8) is 0 Å². The molecule has 5 heterocycles. The number of fused-ring (bicyclic) bond motifs is 3. The molecule has 4 atom stereocenters. The predicted octanol–water partition coefficient (Wildman–Crippen LogP) is 6.31. The minimum Gasteiger partial charge on any atom is -0.490 e. The average Bonchev–Trinajstić information content (AvgIpc) is 3.54. The van der Waals surface area contributed by atoms with Crippen molar-refractivity contribution in [1.29, 1.82) is 0 Å². The molecule has 0 saturated carbocycles. The number of aromatic nitrogens is 3. The minimum atomic E-state index is -0.148. The van der Waals surface area contributed by atoms with Crippen molar-refractivity contribution in [3.8, 4) is 17.0 Å². The molecule has 4 aromatic rings. The fraction of sp³-hybridized carbons (Fsp3) is 0.457. The molecule has 0 spiro atoms. The summed E-state index contributed by atoms with van der Waals surface area (Å²) in [6, 6.07) is 21.5. The molecule has 3 saturated heterocycles. The lowest BCUT2D eigenvalue weighted by atomic mass is 9.91. The predicted molar refractivity (Wildman–Crippen MR) is 167 cm³/mol. The van der Waals surface area contributed by atoms with E-state index >= 15 is 0 Å². The van der Waals surface area contributed by atoms with Crippen LogP contribution >= 0.6 is 0 Å². The number of aromatic amines is 1. The van der Waals surface area contributed by atoms with Crippen LogP contribution in [0.3, 0.4) is 0 Å². The van der Waals surface area contributed by atoms with Gasteiger partial charge >= 0.3 is 0 Å². The van der Waals surface area contributed by atoms with Gasteiger partial charge in [0.1, 0.15) is 11.9 Å². The first-order chi connectivity index (χ1) is 21.1. The molecule has 7 rings (SSSR count). The van der Waals surface area contributed by atoms with Crippen LogP contribution < -0.4 is 10.1 Å². The van der Waals surface area contributed by atoms with Crippen LogP contribution in [0.5, 0.6) is 5.75 Å². The number of hydrogen-bond acceptors (Lipinski definition) is 6. The van der Waals surface area contributed by atoms with Gasteiger partial charge in [-0.15, -0.1) is 0 Å². The molecule has 2 aromatic carbocycles. The molecule has 0 radical (unpaired) electrons. The Balaban J connectivity index is 1.06. The third-order valence-corrected chi connectivity index (χ3v) is 9.86. The van der Waals surface area contributed by atoms with E-state index in [9.17, 15) is 4.79 Å². The number of ether oxygens (including phenoxy) is 2. The monoisotopic (exact) mass is 579 g/mol. The van der Waals surface area contributed by atoms with Gasteiger partial charge in [-0.05, 0) is 86.2 Å². The molecule has 1 amide bonds. The fourth-order valence-electron chi connectivity index (χ4n) is 7.49. The maximum Gasteiger partial charge on any atom is 0.251 e. The number of amides is 1. The van der Waals surface area contributed by atoms with Gasteiger partial charge in [0.25, 0.3) is 5.91 Å². The molecular formula is C35H41N5O3. The summed E-state index contributed by atoms with van der Waals surface area (Å²) in [5.74, 6) is 1.09. The second kappa shape index (κ2) is 12.1. The number of pyridine rings is 1. The van der Waals surface area contributed by atoms with E-state index in [0.717, 1.165) is 72.5 Å². The standard InChI is InChI=1S/C35H41N5O3/c1-3-22(4-2)34(32-7-5-6-16-36-32)37-35(41)24-10-15-31-30(17-24)33(39-38-31)23-8-13-28(14-9-23)43-29-18-25-11-12-26(19-29)40(25)27-20-42-21-27/h5-10,13-17,22,25-27,29,34H,3-4,11-12,18-21H2,1-2H3,(H,37,41)(H,38,39)/t25-,26+,29?,34?. The maximum atomic E-state index is 13.5. The van der Waals surface area contributed by atoms with Gasteiger partial charge in [0.05, 0.1) is 42.2 Å². The second-order valence-corrected chi connectivity index (χ2v) is 12.4. The Hall–Kier alpha value is -3.75. The topological polar surface area (TPSA) is 92.4 Å². The lowest BCUT2D eigenvalue weighted by molar-refractivity contribution is -0.102. The van der Waals surface area contributed by atoms with Gasteiger partial charge in [0, 0.05) is 34.8 Å². The van der Waals surface area contributed by atoms with Gasteiger partial charge in [0.2, 0.25) is 0 Å². The van der Waals surface area contributed by atoms with Crippen LogP contribution in [0.15, 0.2) is 66.9 Å². The number of H-pyrrole nitrogens is 1. The SMILES string of the molecule is CCC(CC)C(NC(=O)c1ccc2[nH]nc(-c3ccc(OC4C[C@H]5CC[C@@H](C4)N5C4COC4)cc3)c2c1)c1ccccn1. The van der Waals surface area contributed by atoms with Crippen molar-refractivity contribution in [2.75, 3.05) is 13.2 Å². The molecule has 3 aliphatic rings. The summed E-state index contributed by atoms with van der Waals surface area (Å²) in [5, 5.41) is 12.0. The smallest absolute Gasteiger partial charge is 0.251 e. The van der Waals surface area contributed by atoms with Gasteiger partial charge in [-0.2, -0.15) is 5.10 Å². The van der Waals surface area contributed by atoms with Crippen LogP contribution in [0.1, 0.15) is 74.5 Å². The van der Waals surface area contributed by atoms with Crippen molar-refractivity contribution in [3.05, 3.63) is 78.1 Å². The summed E-state index contributed by atoms with van der Waals surface area (Å²) in [4.78, 5) is 20.8. The quantitative estimate of drug-likeness (QED) is 0.229. The molecular weight excluding hydrogens is 538 g/mol. The Morgan fingerprint density at radius 1 is 1.02 bits per heavy atom. The van der Waals surface area contributed by atoms with Gasteiger partial charge in [-0.25, -0.2) is 0 Å². The number of benzene rings is 2. The summed E-state index contributed by atoms with van der Waals surface area (Å²) in [5.41, 5.74) is 4.21. The highest BCUT2D eigenvalue weighted by Gasteiger charge is 2.46. The van der Waals surface area contributed by atoms with Crippen molar-refractivity contribution in [2.24, 2.45) is 5.92 Å². The highest BCUT2D eigenvalue weighted by molar-refractivity contribution is 6.01. The molecule has 2 unspecified atom stereocenters. The third kappa shape index (κ3) is 5.54. The zero-order chi connectivity index (χ0) is 29.3. The molecule has 43 heavy (non-hydrogen) atoms. The molecule has 2 N–H and O–H groups in total. The molecule has 3 fully saturated rings. The zero-order valence-electron chi connectivity index (χ0n) is 25.0. The maximum absolute atomic E-state index is 13.5. The Labute approximate surface area is 253 Å². The summed E-state index contributed by atoms with van der Waals surface area (Å²) < 4.78 is 12.0. The highest BCUT2D eigenvalue weighted by Crippen LogP contribution is 2.40. The molecule has 2 bridgehead atoms. The number of rotatable bonds is 10. The van der Waals surface area contributed by atoms with E-state index in [2.05, 4.69) is 51.4 Å². The summed E-state index contributed by atoms with van der Waals surface area (Å²) in [7, 11) is 0. The molecule has 0 aliphatic carbocycles. The number of nitrogens with one attached hydrogen (secondary N) is 2. The average molecular weight is 580 g/mol. The van der Waals surface area contributed by atoms with E-state index in [1.165, 1.54) is 12.8 Å². The highest BCUT2D eigenvalue weighted by atomic mass is 16.5. The van der Waals surface area contributed by atoms with Crippen LogP contribution in [0.2, 0.25) is 0 Å². The number of piperidine rings is 1. The van der Waals surface area contributed by atoms with Crippen molar-refractivity contribution >= 4 is 16.8 Å². The van der Waals surface area contributed by atoms with Gasteiger partial charge < -0.3 is 14.8 Å². The van der Waals surface area contributed by atoms with E-state index < -0.39 is 0 Å². The van der Waals surface area contributed by atoms with Crippen molar-refractivity contribution < 1.29 is 14.3 Å². The molecule has 2 aromatic heterocycles. The van der Waals surface area contributed by atoms with Crippen LogP contribution in [0.4, 0.5) is 0 Å². The van der Waals surface area contributed by atoms with E-state index in [-0.39, 0.29) is 18.1 Å². The first kappa shape index (κ1) is 28.0. The van der Waals surface area contributed by atoms with Gasteiger partial charge in [-0.3, -0.25) is 19.8 Å². The van der Waals surface area contributed by atoms with Crippen molar-refractivity contribution in [2.45, 2.75) is 82.6 Å². The van der Waals surface area contributed by atoms with Crippen LogP contribution in [0.25, 0.3) is 22.2 Å².